The molecule has 1 aliphatic rings. The summed E-state index contributed by atoms with van der Waals surface area (Å²) in [6, 6.07) is 7.19. The average molecular weight is 506 g/mol. The van der Waals surface area contributed by atoms with Crippen LogP contribution < -0.4 is 10.1 Å². The normalized spacial score (nSPS) is 16.6. The Morgan fingerprint density at radius 1 is 1.32 bits per heavy atom. The first-order valence-electron chi connectivity index (χ1n) is 11.8. The van der Waals surface area contributed by atoms with Crippen LogP contribution in [0.4, 0.5) is 4.79 Å². The number of carbonyl (C=O) groups is 2. The molecule has 8 heteroatoms. The van der Waals surface area contributed by atoms with Crippen LogP contribution in [-0.4, -0.2) is 53.0 Å². The lowest BCUT2D eigenvalue weighted by atomic mass is 10.00. The van der Waals surface area contributed by atoms with Crippen molar-refractivity contribution in [2.24, 2.45) is 0 Å². The van der Waals surface area contributed by atoms with Gasteiger partial charge in [0.25, 0.3) is 0 Å². The van der Waals surface area contributed by atoms with Gasteiger partial charge in [-0.2, -0.15) is 0 Å². The minimum atomic E-state index is -0.379. The van der Waals surface area contributed by atoms with Crippen molar-refractivity contribution in [1.82, 2.24) is 15.1 Å². The average Bonchev–Trinajstić information content (AvgIpc) is 3.25. The van der Waals surface area contributed by atoms with Crippen molar-refractivity contribution in [2.75, 3.05) is 19.7 Å². The maximum Gasteiger partial charge on any atom is 0.318 e. The van der Waals surface area contributed by atoms with Gasteiger partial charge in [-0.1, -0.05) is 18.5 Å². The van der Waals surface area contributed by atoms with Crippen LogP contribution in [0, 0.1) is 6.92 Å². The second-order valence-electron chi connectivity index (χ2n) is 9.94. The number of aryl methyl sites for hydroxylation is 1. The zero-order chi connectivity index (χ0) is 25.0. The number of thiophene rings is 1. The zero-order valence-corrected chi connectivity index (χ0v) is 22.6. The Hall–Kier alpha value is -2.25. The summed E-state index contributed by atoms with van der Waals surface area (Å²) in [4.78, 5) is 31.4. The molecule has 0 saturated carbocycles. The third kappa shape index (κ3) is 6.45. The van der Waals surface area contributed by atoms with Crippen molar-refractivity contribution < 1.29 is 14.3 Å². The van der Waals surface area contributed by atoms with E-state index in [4.69, 9.17) is 16.3 Å². The van der Waals surface area contributed by atoms with E-state index >= 15 is 0 Å². The Morgan fingerprint density at radius 2 is 2.06 bits per heavy atom. The molecule has 2 heterocycles. The Labute approximate surface area is 212 Å². The number of benzene rings is 1. The minimum absolute atomic E-state index is 0.0347. The van der Waals surface area contributed by atoms with Crippen molar-refractivity contribution in [3.05, 3.63) is 50.7 Å². The third-order valence-corrected chi connectivity index (χ3v) is 7.54. The van der Waals surface area contributed by atoms with Gasteiger partial charge in [0.05, 0.1) is 6.04 Å². The van der Waals surface area contributed by atoms with E-state index in [1.807, 2.05) is 64.6 Å². The van der Waals surface area contributed by atoms with E-state index < -0.39 is 0 Å². The highest BCUT2D eigenvalue weighted by Crippen LogP contribution is 2.34. The number of nitrogens with one attached hydrogen (secondary N) is 1. The van der Waals surface area contributed by atoms with E-state index in [2.05, 4.69) is 16.8 Å². The fraction of sp³-hybridized carbons (Fsp3) is 0.538. The topological polar surface area (TPSA) is 61.9 Å². The van der Waals surface area contributed by atoms with Gasteiger partial charge in [0.2, 0.25) is 5.91 Å². The molecule has 34 heavy (non-hydrogen) atoms. The number of amides is 3. The number of urea groups is 1. The van der Waals surface area contributed by atoms with Crippen LogP contribution in [0.3, 0.4) is 0 Å². The van der Waals surface area contributed by atoms with Crippen LogP contribution in [0.5, 0.6) is 5.75 Å². The SMILES string of the molecule is CC[C@H](C)N(CC(=O)N1CCc2sccc2[C@H]1COc1ccc(Cl)c(C)c1)C(=O)NC(C)(C)C. The molecule has 0 bridgehead atoms. The minimum Gasteiger partial charge on any atom is -0.491 e. The van der Waals surface area contributed by atoms with Gasteiger partial charge in [0, 0.05) is 28.0 Å². The molecule has 1 aromatic carbocycles. The number of rotatable bonds is 7. The number of halogens is 1. The number of fused-ring (bicyclic) bond motifs is 1. The predicted octanol–water partition coefficient (Wildman–Crippen LogP) is 5.82. The van der Waals surface area contributed by atoms with Gasteiger partial charge < -0.3 is 19.9 Å². The third-order valence-electron chi connectivity index (χ3n) is 6.12. The predicted molar refractivity (Wildman–Crippen MR) is 139 cm³/mol. The molecule has 0 radical (unpaired) electrons. The van der Waals surface area contributed by atoms with Gasteiger partial charge >= 0.3 is 6.03 Å². The van der Waals surface area contributed by atoms with Crippen molar-refractivity contribution in [2.45, 2.75) is 72.0 Å². The van der Waals surface area contributed by atoms with E-state index in [9.17, 15) is 9.59 Å². The fourth-order valence-corrected chi connectivity index (χ4v) is 5.08. The lowest BCUT2D eigenvalue weighted by Crippen LogP contribution is -2.55. The summed E-state index contributed by atoms with van der Waals surface area (Å²) in [6.07, 6.45) is 1.58. The highest BCUT2D eigenvalue weighted by atomic mass is 35.5. The molecule has 6 nitrogen and oxygen atoms in total. The van der Waals surface area contributed by atoms with E-state index in [-0.39, 0.29) is 36.1 Å². The molecule has 0 aliphatic carbocycles. The molecule has 0 saturated heterocycles. The molecule has 0 unspecified atom stereocenters. The summed E-state index contributed by atoms with van der Waals surface area (Å²) in [5.74, 6) is 0.657. The molecule has 186 valence electrons. The van der Waals surface area contributed by atoms with Gasteiger partial charge in [0.1, 0.15) is 18.9 Å². The van der Waals surface area contributed by atoms with Crippen molar-refractivity contribution in [3.8, 4) is 5.75 Å². The first-order chi connectivity index (χ1) is 16.0. The lowest BCUT2D eigenvalue weighted by molar-refractivity contribution is -0.136. The molecular formula is C26H36ClN3O3S. The maximum absolute atomic E-state index is 13.6. The van der Waals surface area contributed by atoms with Crippen molar-refractivity contribution in [3.63, 3.8) is 0 Å². The quantitative estimate of drug-likeness (QED) is 0.515. The number of carbonyl (C=O) groups excluding carboxylic acids is 2. The van der Waals surface area contributed by atoms with Gasteiger partial charge in [-0.25, -0.2) is 4.79 Å². The standard InChI is InChI=1S/C26H36ClN3O3S/c1-7-18(3)30(25(32)28-26(4,5)6)15-24(31)29-12-10-23-20(11-13-34-23)22(29)16-33-19-8-9-21(27)17(2)14-19/h8-9,11,13-14,18,22H,7,10,12,15-16H2,1-6H3,(H,28,32)/t18-,22+/m0/s1. The molecule has 0 fully saturated rings. The first-order valence-corrected chi connectivity index (χ1v) is 13.1. The number of nitrogens with zero attached hydrogens (tertiary/aromatic N) is 2. The molecule has 3 amide bonds. The van der Waals surface area contributed by atoms with E-state index in [0.717, 1.165) is 29.7 Å². The number of hydrogen-bond donors (Lipinski definition) is 1. The summed E-state index contributed by atoms with van der Waals surface area (Å²) in [6.45, 7) is 12.7. The molecule has 1 aliphatic heterocycles. The van der Waals surface area contributed by atoms with Gasteiger partial charge in [-0.3, -0.25) is 4.79 Å². The van der Waals surface area contributed by atoms with E-state index in [0.29, 0.717) is 18.2 Å². The maximum atomic E-state index is 13.6. The molecule has 1 aromatic heterocycles. The summed E-state index contributed by atoms with van der Waals surface area (Å²) >= 11 is 7.87. The van der Waals surface area contributed by atoms with Crippen LogP contribution in [0.1, 0.15) is 63.1 Å². The van der Waals surface area contributed by atoms with Crippen LogP contribution >= 0.6 is 22.9 Å². The molecule has 1 N–H and O–H groups in total. The largest absolute Gasteiger partial charge is 0.491 e. The summed E-state index contributed by atoms with van der Waals surface area (Å²) in [7, 11) is 0. The second-order valence-corrected chi connectivity index (χ2v) is 11.3. The zero-order valence-electron chi connectivity index (χ0n) is 21.0. The Kier molecular flexibility index (Phi) is 8.52. The number of ether oxygens (including phenoxy) is 1. The van der Waals surface area contributed by atoms with Crippen LogP contribution in [0.25, 0.3) is 0 Å². The van der Waals surface area contributed by atoms with E-state index in [1.54, 1.807) is 16.2 Å². The van der Waals surface area contributed by atoms with Crippen LogP contribution in [0.15, 0.2) is 29.6 Å². The van der Waals surface area contributed by atoms with Crippen molar-refractivity contribution >= 4 is 34.9 Å². The lowest BCUT2D eigenvalue weighted by Gasteiger charge is -2.38. The Bertz CT molecular complexity index is 1020. The van der Waals surface area contributed by atoms with Gasteiger partial charge in [-0.05, 0) is 88.2 Å². The van der Waals surface area contributed by atoms with Gasteiger partial charge in [0.15, 0.2) is 0 Å². The monoisotopic (exact) mass is 505 g/mol. The highest BCUT2D eigenvalue weighted by Gasteiger charge is 2.34. The Balaban J connectivity index is 1.79. The molecule has 2 atom stereocenters. The fourth-order valence-electron chi connectivity index (χ4n) is 4.03. The molecule has 2 aromatic rings. The van der Waals surface area contributed by atoms with E-state index in [1.165, 1.54) is 4.88 Å². The van der Waals surface area contributed by atoms with Crippen LogP contribution in [0.2, 0.25) is 5.02 Å². The summed E-state index contributed by atoms with van der Waals surface area (Å²) < 4.78 is 6.13. The van der Waals surface area contributed by atoms with Gasteiger partial charge in [-0.15, -0.1) is 11.3 Å². The summed E-state index contributed by atoms with van der Waals surface area (Å²) in [5, 5.41) is 5.77. The summed E-state index contributed by atoms with van der Waals surface area (Å²) in [5.41, 5.74) is 1.70. The second kappa shape index (κ2) is 11.0. The molecular weight excluding hydrogens is 470 g/mol. The smallest absolute Gasteiger partial charge is 0.318 e. The molecule has 0 spiro atoms. The van der Waals surface area contributed by atoms with Crippen LogP contribution in [-0.2, 0) is 11.2 Å². The first kappa shape index (κ1) is 26.4. The Morgan fingerprint density at radius 3 is 2.71 bits per heavy atom. The number of hydrogen-bond acceptors (Lipinski definition) is 4. The molecule has 3 rings (SSSR count). The van der Waals surface area contributed by atoms with Crippen molar-refractivity contribution in [1.29, 1.82) is 0 Å². The highest BCUT2D eigenvalue weighted by molar-refractivity contribution is 7.10.